The van der Waals surface area contributed by atoms with Crippen molar-refractivity contribution in [3.63, 3.8) is 0 Å². The first kappa shape index (κ1) is 24.5. The van der Waals surface area contributed by atoms with E-state index < -0.39 is 0 Å². The molecule has 0 aliphatic carbocycles. The topological polar surface area (TPSA) is 27.7 Å². The summed E-state index contributed by atoms with van der Waals surface area (Å²) in [5.41, 5.74) is 4.86. The summed E-state index contributed by atoms with van der Waals surface area (Å²) in [6, 6.07) is 29.6. The van der Waals surface area contributed by atoms with Crippen LogP contribution in [0.3, 0.4) is 0 Å². The van der Waals surface area contributed by atoms with E-state index in [1.807, 2.05) is 24.3 Å². The van der Waals surface area contributed by atoms with Crippen LogP contribution in [0.15, 0.2) is 84.9 Å². The Morgan fingerprint density at radius 3 is 1.72 bits per heavy atom. The van der Waals surface area contributed by atoms with Gasteiger partial charge in [-0.05, 0) is 75.5 Å². The van der Waals surface area contributed by atoms with Crippen molar-refractivity contribution in [2.75, 3.05) is 13.2 Å². The first-order chi connectivity index (χ1) is 19.2. The molecule has 39 heavy (non-hydrogen) atoms. The van der Waals surface area contributed by atoms with Gasteiger partial charge in [-0.1, -0.05) is 73.7 Å². The average molecular weight is 509 g/mol. The minimum absolute atomic E-state index is 0.0261. The van der Waals surface area contributed by atoms with Crippen LogP contribution in [0, 0.1) is 24.7 Å². The third-order valence-corrected chi connectivity index (χ3v) is 7.28. The molecule has 0 unspecified atom stereocenters. The molecule has 190 valence electrons. The number of terminal acetylenes is 2. The quantitative estimate of drug-likeness (QED) is 0.203. The normalized spacial score (nSPS) is 12.2. The Morgan fingerprint density at radius 1 is 0.692 bits per heavy atom. The number of fused-ring (bicyclic) bond motifs is 6. The molecule has 0 spiro atoms. The number of benzene rings is 5. The molecule has 0 bridgehead atoms. The molecule has 0 atom stereocenters. The molecule has 0 amide bonds. The van der Waals surface area contributed by atoms with Crippen molar-refractivity contribution < 1.29 is 14.2 Å². The minimum Gasteiger partial charge on any atom is -0.481 e. The van der Waals surface area contributed by atoms with E-state index in [-0.39, 0.29) is 19.1 Å². The van der Waals surface area contributed by atoms with Crippen LogP contribution in [0.1, 0.15) is 41.5 Å². The Balaban J connectivity index is 1.57. The standard InChI is InChI=1S/C36H28O3/c1-4-7-24-8-10-25(11-9-24)34-35-30-16-14-28(37-20-5-2)22-26(30)12-18-32(35)39-33-19-13-27-23-29(38-21-6-3)15-17-31(27)36(33)34/h2-3,8-19,22-23,34H,4,7,20-21H2,1H3. The zero-order valence-electron chi connectivity index (χ0n) is 21.9. The second-order valence-electron chi connectivity index (χ2n) is 9.73. The summed E-state index contributed by atoms with van der Waals surface area (Å²) in [5.74, 6) is 8.28. The molecule has 3 heteroatoms. The van der Waals surface area contributed by atoms with Gasteiger partial charge in [0.15, 0.2) is 0 Å². The Morgan fingerprint density at radius 2 is 1.23 bits per heavy atom. The zero-order chi connectivity index (χ0) is 26.8. The second-order valence-corrected chi connectivity index (χ2v) is 9.73. The number of aryl methyl sites for hydroxylation is 1. The monoisotopic (exact) mass is 508 g/mol. The van der Waals surface area contributed by atoms with Gasteiger partial charge in [0.2, 0.25) is 0 Å². The maximum atomic E-state index is 6.58. The van der Waals surface area contributed by atoms with E-state index in [2.05, 4.69) is 79.4 Å². The van der Waals surface area contributed by atoms with E-state index in [0.29, 0.717) is 0 Å². The molecule has 0 N–H and O–H groups in total. The molecule has 0 fully saturated rings. The molecule has 0 aromatic heterocycles. The summed E-state index contributed by atoms with van der Waals surface area (Å²) in [6.07, 6.45) is 13.0. The van der Waals surface area contributed by atoms with E-state index in [9.17, 15) is 0 Å². The molecule has 0 radical (unpaired) electrons. The highest BCUT2D eigenvalue weighted by atomic mass is 16.5. The van der Waals surface area contributed by atoms with Crippen molar-refractivity contribution in [2.45, 2.75) is 25.7 Å². The van der Waals surface area contributed by atoms with E-state index in [4.69, 9.17) is 27.1 Å². The van der Waals surface area contributed by atoms with Gasteiger partial charge < -0.3 is 14.2 Å². The van der Waals surface area contributed by atoms with E-state index in [0.717, 1.165) is 68.5 Å². The van der Waals surface area contributed by atoms with Crippen LogP contribution in [0.4, 0.5) is 0 Å². The third-order valence-electron chi connectivity index (χ3n) is 7.28. The van der Waals surface area contributed by atoms with E-state index >= 15 is 0 Å². The summed E-state index contributed by atoms with van der Waals surface area (Å²) in [6.45, 7) is 2.68. The third kappa shape index (κ3) is 4.54. The molecule has 1 heterocycles. The van der Waals surface area contributed by atoms with Crippen LogP contribution in [-0.2, 0) is 6.42 Å². The average Bonchev–Trinajstić information content (AvgIpc) is 2.98. The number of hydrogen-bond donors (Lipinski definition) is 0. The molecular weight excluding hydrogens is 480 g/mol. The Hall–Kier alpha value is -4.86. The van der Waals surface area contributed by atoms with Crippen molar-refractivity contribution in [1.82, 2.24) is 0 Å². The molecule has 1 aliphatic heterocycles. The van der Waals surface area contributed by atoms with Crippen molar-refractivity contribution in [3.05, 3.63) is 107 Å². The summed E-state index contributed by atoms with van der Waals surface area (Å²) in [4.78, 5) is 0. The van der Waals surface area contributed by atoms with Crippen LogP contribution in [0.5, 0.6) is 23.0 Å². The molecule has 5 aromatic carbocycles. The van der Waals surface area contributed by atoms with Crippen molar-refractivity contribution in [3.8, 4) is 47.7 Å². The second kappa shape index (κ2) is 10.5. The minimum atomic E-state index is -0.0261. The van der Waals surface area contributed by atoms with Gasteiger partial charge in [-0.3, -0.25) is 0 Å². The van der Waals surface area contributed by atoms with Crippen LogP contribution in [-0.4, -0.2) is 13.2 Å². The van der Waals surface area contributed by atoms with Gasteiger partial charge in [0, 0.05) is 17.0 Å². The van der Waals surface area contributed by atoms with Gasteiger partial charge in [0.25, 0.3) is 0 Å². The maximum Gasteiger partial charge on any atom is 0.148 e. The Bertz CT molecular complexity index is 1660. The predicted octanol–water partition coefficient (Wildman–Crippen LogP) is 8.26. The highest BCUT2D eigenvalue weighted by Crippen LogP contribution is 2.52. The lowest BCUT2D eigenvalue weighted by Gasteiger charge is -2.31. The van der Waals surface area contributed by atoms with Crippen LogP contribution in [0.25, 0.3) is 21.5 Å². The number of ether oxygens (including phenoxy) is 3. The summed E-state index contributed by atoms with van der Waals surface area (Å²) in [5, 5.41) is 4.40. The molecule has 0 saturated heterocycles. The first-order valence-corrected chi connectivity index (χ1v) is 13.2. The molecule has 5 aromatic rings. The lowest BCUT2D eigenvalue weighted by atomic mass is 9.78. The lowest BCUT2D eigenvalue weighted by Crippen LogP contribution is -2.13. The molecule has 0 saturated carbocycles. The highest BCUT2D eigenvalue weighted by molar-refractivity contribution is 5.96. The first-order valence-electron chi connectivity index (χ1n) is 13.2. The number of rotatable bonds is 7. The van der Waals surface area contributed by atoms with Gasteiger partial charge in [0.1, 0.15) is 36.2 Å². The molecule has 1 aliphatic rings. The fourth-order valence-corrected chi connectivity index (χ4v) is 5.59. The summed E-state index contributed by atoms with van der Waals surface area (Å²) < 4.78 is 18.0. The molecule has 6 rings (SSSR count). The lowest BCUT2D eigenvalue weighted by molar-refractivity contribution is 0.371. The largest absolute Gasteiger partial charge is 0.481 e. The molecular formula is C36H28O3. The van der Waals surface area contributed by atoms with Gasteiger partial charge >= 0.3 is 0 Å². The predicted molar refractivity (Wildman–Crippen MR) is 158 cm³/mol. The number of hydrogen-bond acceptors (Lipinski definition) is 3. The van der Waals surface area contributed by atoms with Crippen molar-refractivity contribution in [1.29, 1.82) is 0 Å². The Kier molecular flexibility index (Phi) is 6.58. The fraction of sp³-hybridized carbons (Fsp3) is 0.167. The molecule has 3 nitrogen and oxygen atoms in total. The SMILES string of the molecule is C#CCOc1ccc2c3c(ccc2c1)Oc1ccc2cc(OCC#C)ccc2c1C3c1ccc(CCC)cc1. The summed E-state index contributed by atoms with van der Waals surface area (Å²) in [7, 11) is 0. The summed E-state index contributed by atoms with van der Waals surface area (Å²) >= 11 is 0. The van der Waals surface area contributed by atoms with Gasteiger partial charge in [0.05, 0.1) is 0 Å². The van der Waals surface area contributed by atoms with Crippen LogP contribution < -0.4 is 14.2 Å². The van der Waals surface area contributed by atoms with Gasteiger partial charge in [-0.2, -0.15) is 0 Å². The smallest absolute Gasteiger partial charge is 0.148 e. The van der Waals surface area contributed by atoms with Gasteiger partial charge in [-0.25, -0.2) is 0 Å². The maximum absolute atomic E-state index is 6.58. The Labute approximate surface area is 229 Å². The van der Waals surface area contributed by atoms with E-state index in [1.54, 1.807) is 0 Å². The van der Waals surface area contributed by atoms with Crippen LogP contribution >= 0.6 is 0 Å². The van der Waals surface area contributed by atoms with Crippen molar-refractivity contribution in [2.24, 2.45) is 0 Å². The van der Waals surface area contributed by atoms with Crippen molar-refractivity contribution >= 4 is 21.5 Å². The van der Waals surface area contributed by atoms with E-state index in [1.165, 1.54) is 11.1 Å². The highest BCUT2D eigenvalue weighted by Gasteiger charge is 2.32. The fourth-order valence-electron chi connectivity index (χ4n) is 5.59. The zero-order valence-corrected chi connectivity index (χ0v) is 21.9. The van der Waals surface area contributed by atoms with Crippen LogP contribution in [0.2, 0.25) is 0 Å². The van der Waals surface area contributed by atoms with Gasteiger partial charge in [-0.15, -0.1) is 12.8 Å².